The van der Waals surface area contributed by atoms with Gasteiger partial charge in [0.2, 0.25) is 0 Å². The van der Waals surface area contributed by atoms with E-state index in [0.717, 1.165) is 11.9 Å². The van der Waals surface area contributed by atoms with E-state index in [1.54, 1.807) is 18.5 Å². The number of imidazole rings is 1. The second-order valence-corrected chi connectivity index (χ2v) is 4.18. The van der Waals surface area contributed by atoms with E-state index >= 15 is 0 Å². The number of carbonyl (C=O) groups is 2. The Hall–Kier alpha value is -2.96. The summed E-state index contributed by atoms with van der Waals surface area (Å²) < 4.78 is 0. The minimum Gasteiger partial charge on any atom is -0.478 e. The highest BCUT2D eigenvalue weighted by Gasteiger charge is 2.09. The minimum atomic E-state index is -1.08. The zero-order valence-electron chi connectivity index (χ0n) is 11.1. The van der Waals surface area contributed by atoms with Crippen molar-refractivity contribution in [2.24, 2.45) is 0 Å². The number of aromatic nitrogens is 3. The summed E-state index contributed by atoms with van der Waals surface area (Å²) in [6.07, 6.45) is 9.20. The van der Waals surface area contributed by atoms with Crippen LogP contribution in [0.1, 0.15) is 21.7 Å². The molecule has 7 heteroatoms. The summed E-state index contributed by atoms with van der Waals surface area (Å²) >= 11 is 0. The Morgan fingerprint density at radius 2 is 2.24 bits per heavy atom. The van der Waals surface area contributed by atoms with Crippen LogP contribution >= 0.6 is 0 Å². The van der Waals surface area contributed by atoms with Crippen molar-refractivity contribution in [3.05, 3.63) is 53.9 Å². The molecule has 0 radical (unpaired) electrons. The Bertz CT molecular complexity index is 650. The number of hydrogen-bond donors (Lipinski definition) is 3. The molecule has 0 aliphatic heterocycles. The molecule has 2 aromatic rings. The number of hydrogen-bond acceptors (Lipinski definition) is 4. The van der Waals surface area contributed by atoms with Crippen molar-refractivity contribution in [2.45, 2.75) is 6.42 Å². The number of nitrogens with one attached hydrogen (secondary N) is 2. The van der Waals surface area contributed by atoms with Crippen molar-refractivity contribution in [3.63, 3.8) is 0 Å². The average Bonchev–Trinajstić information content (AvgIpc) is 2.98. The lowest BCUT2D eigenvalue weighted by Crippen LogP contribution is -2.26. The van der Waals surface area contributed by atoms with E-state index in [9.17, 15) is 9.59 Å². The summed E-state index contributed by atoms with van der Waals surface area (Å²) in [6.45, 7) is 0.427. The van der Waals surface area contributed by atoms with Crippen molar-refractivity contribution in [3.8, 4) is 0 Å². The smallest absolute Gasteiger partial charge is 0.328 e. The molecule has 0 atom stereocenters. The van der Waals surface area contributed by atoms with Gasteiger partial charge in [-0.3, -0.25) is 9.78 Å². The van der Waals surface area contributed by atoms with Crippen molar-refractivity contribution < 1.29 is 14.7 Å². The molecule has 0 aliphatic rings. The summed E-state index contributed by atoms with van der Waals surface area (Å²) in [6, 6.07) is 1.55. The molecule has 0 saturated carbocycles. The van der Waals surface area contributed by atoms with Gasteiger partial charge in [-0.15, -0.1) is 0 Å². The van der Waals surface area contributed by atoms with Crippen molar-refractivity contribution in [1.29, 1.82) is 0 Å². The maximum atomic E-state index is 12.1. The van der Waals surface area contributed by atoms with E-state index < -0.39 is 5.97 Å². The van der Waals surface area contributed by atoms with Crippen LogP contribution in [0, 0.1) is 0 Å². The summed E-state index contributed by atoms with van der Waals surface area (Å²) in [4.78, 5) is 33.5. The van der Waals surface area contributed by atoms with Crippen LogP contribution in [0.15, 0.2) is 36.9 Å². The first-order chi connectivity index (χ1) is 10.2. The molecule has 7 nitrogen and oxygen atoms in total. The SMILES string of the molecule is O=C(O)/C=C/c1cnccc1C(=O)NCCc1ncc[nH]1. The van der Waals surface area contributed by atoms with Crippen LogP contribution in [0.4, 0.5) is 0 Å². The highest BCUT2D eigenvalue weighted by atomic mass is 16.4. The third-order valence-corrected chi connectivity index (χ3v) is 2.70. The third-order valence-electron chi connectivity index (χ3n) is 2.70. The molecular formula is C14H14N4O3. The van der Waals surface area contributed by atoms with Crippen LogP contribution in [0.25, 0.3) is 6.08 Å². The second kappa shape index (κ2) is 6.99. The number of rotatable bonds is 6. The second-order valence-electron chi connectivity index (χ2n) is 4.18. The van der Waals surface area contributed by atoms with Gasteiger partial charge in [-0.05, 0) is 12.1 Å². The summed E-state index contributed by atoms with van der Waals surface area (Å²) in [5.41, 5.74) is 0.831. The first kappa shape index (κ1) is 14.4. The Morgan fingerprint density at radius 1 is 1.38 bits per heavy atom. The molecule has 21 heavy (non-hydrogen) atoms. The molecule has 0 aromatic carbocycles. The van der Waals surface area contributed by atoms with E-state index in [-0.39, 0.29) is 5.91 Å². The van der Waals surface area contributed by atoms with Crippen LogP contribution < -0.4 is 5.32 Å². The monoisotopic (exact) mass is 286 g/mol. The molecule has 2 rings (SSSR count). The largest absolute Gasteiger partial charge is 0.478 e. The van der Waals surface area contributed by atoms with Gasteiger partial charge in [0.25, 0.3) is 5.91 Å². The van der Waals surface area contributed by atoms with Crippen LogP contribution in [0.5, 0.6) is 0 Å². The summed E-state index contributed by atoms with van der Waals surface area (Å²) in [5, 5.41) is 11.4. The van der Waals surface area contributed by atoms with Crippen molar-refractivity contribution in [2.75, 3.05) is 6.54 Å². The van der Waals surface area contributed by atoms with E-state index in [1.807, 2.05) is 0 Å². The maximum absolute atomic E-state index is 12.1. The number of amides is 1. The van der Waals surface area contributed by atoms with Crippen molar-refractivity contribution >= 4 is 18.0 Å². The van der Waals surface area contributed by atoms with Gasteiger partial charge >= 0.3 is 5.97 Å². The molecule has 0 fully saturated rings. The number of pyridine rings is 1. The first-order valence-electron chi connectivity index (χ1n) is 6.28. The lowest BCUT2D eigenvalue weighted by atomic mass is 10.1. The van der Waals surface area contributed by atoms with Gasteiger partial charge in [0, 0.05) is 55.0 Å². The van der Waals surface area contributed by atoms with E-state index in [0.29, 0.717) is 24.1 Å². The lowest BCUT2D eigenvalue weighted by Gasteiger charge is -2.06. The molecule has 0 aliphatic carbocycles. The number of carboxylic acids is 1. The predicted molar refractivity (Wildman–Crippen MR) is 75.5 cm³/mol. The fourth-order valence-electron chi connectivity index (χ4n) is 1.73. The number of aliphatic carboxylic acids is 1. The molecule has 0 saturated heterocycles. The van der Waals surface area contributed by atoms with E-state index in [2.05, 4.69) is 20.3 Å². The number of carbonyl (C=O) groups excluding carboxylic acids is 1. The summed E-state index contributed by atoms with van der Waals surface area (Å²) in [7, 11) is 0. The quantitative estimate of drug-likeness (QED) is 0.683. The van der Waals surface area contributed by atoms with Crippen LogP contribution in [0.2, 0.25) is 0 Å². The Balaban J connectivity index is 2.00. The van der Waals surface area contributed by atoms with Gasteiger partial charge in [0.05, 0.1) is 0 Å². The lowest BCUT2D eigenvalue weighted by molar-refractivity contribution is -0.131. The number of carboxylic acid groups (broad SMARTS) is 1. The van der Waals surface area contributed by atoms with Gasteiger partial charge in [-0.25, -0.2) is 9.78 Å². The zero-order valence-corrected chi connectivity index (χ0v) is 11.1. The van der Waals surface area contributed by atoms with Gasteiger partial charge in [0.1, 0.15) is 5.82 Å². The van der Waals surface area contributed by atoms with Gasteiger partial charge < -0.3 is 15.4 Å². The molecule has 3 N–H and O–H groups in total. The van der Waals surface area contributed by atoms with Crippen molar-refractivity contribution in [1.82, 2.24) is 20.3 Å². The molecule has 2 heterocycles. The molecule has 108 valence electrons. The Kier molecular flexibility index (Phi) is 4.81. The first-order valence-corrected chi connectivity index (χ1v) is 6.28. The van der Waals surface area contributed by atoms with Gasteiger partial charge in [-0.1, -0.05) is 0 Å². The molecule has 0 bridgehead atoms. The van der Waals surface area contributed by atoms with Crippen LogP contribution in [-0.2, 0) is 11.2 Å². The maximum Gasteiger partial charge on any atom is 0.328 e. The van der Waals surface area contributed by atoms with Gasteiger partial charge in [-0.2, -0.15) is 0 Å². The van der Waals surface area contributed by atoms with Crippen LogP contribution in [0.3, 0.4) is 0 Å². The van der Waals surface area contributed by atoms with Gasteiger partial charge in [0.15, 0.2) is 0 Å². The normalized spacial score (nSPS) is 10.7. The molecule has 0 unspecified atom stereocenters. The number of nitrogens with zero attached hydrogens (tertiary/aromatic N) is 2. The molecule has 1 amide bonds. The zero-order chi connectivity index (χ0) is 15.1. The van der Waals surface area contributed by atoms with Crippen LogP contribution in [-0.4, -0.2) is 38.5 Å². The van der Waals surface area contributed by atoms with E-state index in [1.165, 1.54) is 18.5 Å². The molecule has 2 aromatic heterocycles. The third kappa shape index (κ3) is 4.27. The topological polar surface area (TPSA) is 108 Å². The average molecular weight is 286 g/mol. The number of H-pyrrole nitrogens is 1. The molecule has 0 spiro atoms. The van der Waals surface area contributed by atoms with E-state index in [4.69, 9.17) is 5.11 Å². The Labute approximate surface area is 120 Å². The highest BCUT2D eigenvalue weighted by molar-refractivity contribution is 5.98. The predicted octanol–water partition coefficient (Wildman–Crippen LogP) is 0.875. The minimum absolute atomic E-state index is 0.283. The fraction of sp³-hybridized carbons (Fsp3) is 0.143. The highest BCUT2D eigenvalue weighted by Crippen LogP contribution is 2.09. The fourth-order valence-corrected chi connectivity index (χ4v) is 1.73. The number of aromatic amines is 1. The molecular weight excluding hydrogens is 272 g/mol. The standard InChI is InChI=1S/C14H14N4O3/c19-13(20)2-1-10-9-15-5-3-11(10)14(21)18-6-4-12-16-7-8-17-12/h1-3,5,7-9H,4,6H2,(H,16,17)(H,18,21)(H,19,20)/b2-1+. The Morgan fingerprint density at radius 3 is 2.95 bits per heavy atom. The summed E-state index contributed by atoms with van der Waals surface area (Å²) in [5.74, 6) is -0.576.